The van der Waals surface area contributed by atoms with E-state index in [-0.39, 0.29) is 12.5 Å². The van der Waals surface area contributed by atoms with Crippen LogP contribution in [0.25, 0.3) is 0 Å². The molecule has 3 amide bonds. The first-order chi connectivity index (χ1) is 17.6. The lowest BCUT2D eigenvalue weighted by molar-refractivity contribution is -0.123. The fraction of sp³-hybridized carbons (Fsp3) is 0.679. The standard InChI is InChI=1S/C28H46N4O5/c1-22-13-9-11-19-32(22)20-12-18-29-25(33)24(16-8-10-17-30-26(34)37-28(2,3)4)31-27(35)36-21-23-14-6-5-7-15-23/h5-7,14-15,22,24H,8-13,16-21H2,1-4H3,(H,29,33)(H,30,34)(H,31,35)/t22?,24-/m0/s1. The summed E-state index contributed by atoms with van der Waals surface area (Å²) in [5, 5.41) is 8.41. The Labute approximate surface area is 222 Å². The molecule has 3 N–H and O–H groups in total. The highest BCUT2D eigenvalue weighted by atomic mass is 16.6. The molecule has 1 saturated heterocycles. The van der Waals surface area contributed by atoms with Crippen molar-refractivity contribution in [3.8, 4) is 0 Å². The van der Waals surface area contributed by atoms with E-state index in [9.17, 15) is 14.4 Å². The number of piperidine rings is 1. The van der Waals surface area contributed by atoms with Gasteiger partial charge in [0.25, 0.3) is 0 Å². The molecule has 0 bridgehead atoms. The molecule has 0 radical (unpaired) electrons. The van der Waals surface area contributed by atoms with Gasteiger partial charge < -0.3 is 30.3 Å². The lowest BCUT2D eigenvalue weighted by Gasteiger charge is -2.33. The monoisotopic (exact) mass is 518 g/mol. The van der Waals surface area contributed by atoms with E-state index in [2.05, 4.69) is 27.8 Å². The van der Waals surface area contributed by atoms with Gasteiger partial charge in [-0.3, -0.25) is 4.79 Å². The van der Waals surface area contributed by atoms with Crippen molar-refractivity contribution >= 4 is 18.1 Å². The number of carbonyl (C=O) groups excluding carboxylic acids is 3. The lowest BCUT2D eigenvalue weighted by Crippen LogP contribution is -2.47. The molecule has 1 fully saturated rings. The van der Waals surface area contributed by atoms with Crippen LogP contribution in [0.3, 0.4) is 0 Å². The highest BCUT2D eigenvalue weighted by Gasteiger charge is 2.22. The molecule has 1 aliphatic rings. The number of benzene rings is 1. The van der Waals surface area contributed by atoms with Gasteiger partial charge in [0.2, 0.25) is 5.91 Å². The number of nitrogens with zero attached hydrogens (tertiary/aromatic N) is 1. The Balaban J connectivity index is 1.78. The molecule has 9 heteroatoms. The zero-order valence-corrected chi connectivity index (χ0v) is 23.0. The van der Waals surface area contributed by atoms with E-state index in [1.807, 2.05) is 51.1 Å². The Morgan fingerprint density at radius 1 is 1.00 bits per heavy atom. The van der Waals surface area contributed by atoms with Crippen LogP contribution in [0.1, 0.15) is 78.2 Å². The van der Waals surface area contributed by atoms with E-state index in [0.29, 0.717) is 38.4 Å². The molecule has 2 atom stereocenters. The molecule has 1 aromatic carbocycles. The molecule has 9 nitrogen and oxygen atoms in total. The molecular weight excluding hydrogens is 472 g/mol. The van der Waals surface area contributed by atoms with Gasteiger partial charge in [-0.1, -0.05) is 36.8 Å². The van der Waals surface area contributed by atoms with Crippen LogP contribution in [0, 0.1) is 0 Å². The summed E-state index contributed by atoms with van der Waals surface area (Å²) < 4.78 is 10.6. The predicted octanol–water partition coefficient (Wildman–Crippen LogP) is 4.36. The molecule has 1 aliphatic heterocycles. The van der Waals surface area contributed by atoms with Crippen molar-refractivity contribution in [1.29, 1.82) is 0 Å². The summed E-state index contributed by atoms with van der Waals surface area (Å²) in [6, 6.07) is 9.28. The van der Waals surface area contributed by atoms with E-state index >= 15 is 0 Å². The van der Waals surface area contributed by atoms with E-state index in [0.717, 1.165) is 25.1 Å². The van der Waals surface area contributed by atoms with Crippen LogP contribution in [0.5, 0.6) is 0 Å². The van der Waals surface area contributed by atoms with Crippen molar-refractivity contribution in [3.05, 3.63) is 35.9 Å². The molecule has 1 aromatic rings. The average molecular weight is 519 g/mol. The molecule has 1 unspecified atom stereocenters. The third-order valence-electron chi connectivity index (χ3n) is 6.27. The zero-order valence-electron chi connectivity index (χ0n) is 23.0. The van der Waals surface area contributed by atoms with Gasteiger partial charge in [-0.2, -0.15) is 0 Å². The Hall–Kier alpha value is -2.81. The summed E-state index contributed by atoms with van der Waals surface area (Å²) in [6.07, 6.45) is 5.24. The largest absolute Gasteiger partial charge is 0.445 e. The summed E-state index contributed by atoms with van der Waals surface area (Å²) in [7, 11) is 0. The number of alkyl carbamates (subject to hydrolysis) is 2. The summed E-state index contributed by atoms with van der Waals surface area (Å²) in [4.78, 5) is 39.6. The highest BCUT2D eigenvalue weighted by Crippen LogP contribution is 2.16. The van der Waals surface area contributed by atoms with Gasteiger partial charge in [-0.25, -0.2) is 9.59 Å². The van der Waals surface area contributed by atoms with E-state index in [1.54, 1.807) is 0 Å². The van der Waals surface area contributed by atoms with Crippen LogP contribution in [0.4, 0.5) is 9.59 Å². The first kappa shape index (κ1) is 30.4. The number of carbonyl (C=O) groups is 3. The number of unbranched alkanes of at least 4 members (excludes halogenated alkanes) is 1. The van der Waals surface area contributed by atoms with Crippen LogP contribution in [0.15, 0.2) is 30.3 Å². The van der Waals surface area contributed by atoms with Gasteiger partial charge in [-0.15, -0.1) is 0 Å². The third kappa shape index (κ3) is 13.3. The summed E-state index contributed by atoms with van der Waals surface area (Å²) in [5.74, 6) is -0.219. The molecule has 2 rings (SSSR count). The Bertz CT molecular complexity index is 828. The highest BCUT2D eigenvalue weighted by molar-refractivity contribution is 5.85. The minimum atomic E-state index is -0.710. The SMILES string of the molecule is CC1CCCCN1CCCNC(=O)[C@H](CCCCNC(=O)OC(C)(C)C)NC(=O)OCc1ccccc1. The number of hydrogen-bond acceptors (Lipinski definition) is 6. The second-order valence-electron chi connectivity index (χ2n) is 10.7. The molecule has 37 heavy (non-hydrogen) atoms. The zero-order chi connectivity index (χ0) is 27.1. The van der Waals surface area contributed by atoms with E-state index in [1.165, 1.54) is 19.3 Å². The maximum atomic E-state index is 12.9. The molecule has 0 saturated carbocycles. The first-order valence-electron chi connectivity index (χ1n) is 13.6. The second kappa shape index (κ2) is 16.1. The van der Waals surface area contributed by atoms with Gasteiger partial charge in [-0.05, 0) is 78.3 Å². The second-order valence-corrected chi connectivity index (χ2v) is 10.7. The lowest BCUT2D eigenvalue weighted by atomic mass is 10.0. The number of hydrogen-bond donors (Lipinski definition) is 3. The number of nitrogens with one attached hydrogen (secondary N) is 3. The first-order valence-corrected chi connectivity index (χ1v) is 13.6. The summed E-state index contributed by atoms with van der Waals surface area (Å²) in [6.45, 7) is 10.9. The fourth-order valence-corrected chi connectivity index (χ4v) is 4.26. The van der Waals surface area contributed by atoms with Crippen molar-refractivity contribution in [1.82, 2.24) is 20.9 Å². The van der Waals surface area contributed by atoms with Gasteiger partial charge in [0.05, 0.1) is 0 Å². The summed E-state index contributed by atoms with van der Waals surface area (Å²) in [5.41, 5.74) is 0.322. The maximum absolute atomic E-state index is 12.9. The van der Waals surface area contributed by atoms with Crippen molar-refractivity contribution in [2.24, 2.45) is 0 Å². The maximum Gasteiger partial charge on any atom is 0.408 e. The summed E-state index contributed by atoms with van der Waals surface area (Å²) >= 11 is 0. The average Bonchev–Trinajstić information content (AvgIpc) is 2.85. The van der Waals surface area contributed by atoms with Gasteiger partial charge in [0.15, 0.2) is 0 Å². The van der Waals surface area contributed by atoms with Crippen molar-refractivity contribution in [2.75, 3.05) is 26.2 Å². The fourth-order valence-electron chi connectivity index (χ4n) is 4.26. The molecule has 0 aromatic heterocycles. The topological polar surface area (TPSA) is 109 Å². The Morgan fingerprint density at radius 3 is 2.43 bits per heavy atom. The number of amides is 3. The van der Waals surface area contributed by atoms with Gasteiger partial charge >= 0.3 is 12.2 Å². The van der Waals surface area contributed by atoms with Crippen LogP contribution in [-0.4, -0.2) is 66.9 Å². The molecule has 208 valence electrons. The molecule has 0 spiro atoms. The van der Waals surface area contributed by atoms with Crippen LogP contribution >= 0.6 is 0 Å². The van der Waals surface area contributed by atoms with E-state index in [4.69, 9.17) is 9.47 Å². The quantitative estimate of drug-likeness (QED) is 0.335. The third-order valence-corrected chi connectivity index (χ3v) is 6.27. The predicted molar refractivity (Wildman–Crippen MR) is 144 cm³/mol. The van der Waals surface area contributed by atoms with E-state index < -0.39 is 23.8 Å². The molecule has 0 aliphatic carbocycles. The van der Waals surface area contributed by atoms with Crippen molar-refractivity contribution < 1.29 is 23.9 Å². The van der Waals surface area contributed by atoms with Crippen LogP contribution in [-0.2, 0) is 20.9 Å². The Morgan fingerprint density at radius 2 is 1.73 bits per heavy atom. The minimum Gasteiger partial charge on any atom is -0.445 e. The number of ether oxygens (including phenoxy) is 2. The number of rotatable bonds is 13. The normalized spacial score (nSPS) is 16.9. The number of likely N-dealkylation sites (tertiary alicyclic amines) is 1. The smallest absolute Gasteiger partial charge is 0.408 e. The van der Waals surface area contributed by atoms with Gasteiger partial charge in [0, 0.05) is 25.7 Å². The van der Waals surface area contributed by atoms with Crippen molar-refractivity contribution in [2.45, 2.75) is 96.9 Å². The minimum absolute atomic E-state index is 0.134. The van der Waals surface area contributed by atoms with Crippen LogP contribution < -0.4 is 16.0 Å². The van der Waals surface area contributed by atoms with Crippen molar-refractivity contribution in [3.63, 3.8) is 0 Å². The van der Waals surface area contributed by atoms with Crippen LogP contribution in [0.2, 0.25) is 0 Å². The van der Waals surface area contributed by atoms with Gasteiger partial charge in [0.1, 0.15) is 18.2 Å². The molecule has 1 heterocycles. The molecular formula is C28H46N4O5. The Kier molecular flexibility index (Phi) is 13.3.